The van der Waals surface area contributed by atoms with Gasteiger partial charge in [-0.3, -0.25) is 15.0 Å². The molecule has 13 nitrogen and oxygen atoms in total. The molecule has 2 aliphatic carbocycles. The van der Waals surface area contributed by atoms with Crippen molar-refractivity contribution in [3.8, 4) is 23.0 Å². The van der Waals surface area contributed by atoms with Crippen molar-refractivity contribution in [3.63, 3.8) is 0 Å². The molecule has 1 saturated carbocycles. The topological polar surface area (TPSA) is 162 Å². The first-order chi connectivity index (χ1) is 35.6. The molecule has 0 saturated heterocycles. The molecule has 0 spiro atoms. The summed E-state index contributed by atoms with van der Waals surface area (Å²) in [5, 5.41) is 38.8. The number of aryl methyl sites for hydroxylation is 2. The number of fused-ring (bicyclic) bond motifs is 3. The second-order valence-electron chi connectivity index (χ2n) is 19.3. The number of hydrogen-bond donors (Lipinski definition) is 2. The van der Waals surface area contributed by atoms with Crippen LogP contribution in [0, 0.1) is 41.7 Å². The van der Waals surface area contributed by atoms with Gasteiger partial charge in [0.1, 0.15) is 35.6 Å². The summed E-state index contributed by atoms with van der Waals surface area (Å²) in [4.78, 5) is 34.6. The van der Waals surface area contributed by atoms with Gasteiger partial charge in [0, 0.05) is 43.2 Å². The van der Waals surface area contributed by atoms with Crippen LogP contribution in [-0.4, -0.2) is 63.5 Å². The lowest BCUT2D eigenvalue weighted by Gasteiger charge is -2.59. The maximum atomic E-state index is 15.5. The molecule has 2 N–H and O–H groups in total. The number of nitro groups is 1. The average molecular weight is 986 g/mol. The summed E-state index contributed by atoms with van der Waals surface area (Å²) in [6.45, 7) is 8.64. The van der Waals surface area contributed by atoms with Crippen LogP contribution >= 0.6 is 0 Å². The number of benzene rings is 6. The van der Waals surface area contributed by atoms with Crippen molar-refractivity contribution >= 4 is 28.3 Å². The van der Waals surface area contributed by atoms with Crippen LogP contribution in [-0.2, 0) is 22.7 Å². The van der Waals surface area contributed by atoms with Gasteiger partial charge >= 0.3 is 6.09 Å². The Morgan fingerprint density at radius 2 is 1.56 bits per heavy atom. The Labute approximate surface area is 426 Å². The van der Waals surface area contributed by atoms with Crippen LogP contribution in [0.25, 0.3) is 10.8 Å². The van der Waals surface area contributed by atoms with Gasteiger partial charge in [0.25, 0.3) is 5.69 Å². The molecule has 1 aliphatic heterocycles. The van der Waals surface area contributed by atoms with E-state index in [1.54, 1.807) is 11.0 Å². The Balaban J connectivity index is 1.27. The molecule has 73 heavy (non-hydrogen) atoms. The van der Waals surface area contributed by atoms with Gasteiger partial charge in [0.2, 0.25) is 5.79 Å². The highest BCUT2D eigenvalue weighted by atomic mass is 16.7. The van der Waals surface area contributed by atoms with Gasteiger partial charge in [0.15, 0.2) is 0 Å². The molecular weight excluding hydrogens is 923 g/mol. The second kappa shape index (κ2) is 23.0. The summed E-state index contributed by atoms with van der Waals surface area (Å²) in [7, 11) is 0. The Hall–Kier alpha value is -7.32. The molecule has 1 amide bonds. The highest BCUT2D eigenvalue weighted by Gasteiger charge is 2.66. The largest absolute Gasteiger partial charge is 0.459 e. The highest BCUT2D eigenvalue weighted by molar-refractivity contribution is 6.03. The second-order valence-corrected chi connectivity index (χ2v) is 19.3. The number of oxime groups is 1. The summed E-state index contributed by atoms with van der Waals surface area (Å²) in [5.74, 6) is -0.537. The number of nitrogens with zero attached hydrogens (tertiary/aromatic N) is 3. The van der Waals surface area contributed by atoms with Crippen LogP contribution in [0.15, 0.2) is 163 Å². The lowest BCUT2D eigenvalue weighted by Crippen LogP contribution is -2.70. The first-order valence-electron chi connectivity index (χ1n) is 25.3. The summed E-state index contributed by atoms with van der Waals surface area (Å²) >= 11 is 0. The van der Waals surface area contributed by atoms with E-state index in [1.807, 2.05) is 103 Å². The number of ether oxygens (including phenoxy) is 4. The highest BCUT2D eigenvalue weighted by Crippen LogP contribution is 2.62. The SMILES string of the molecule is C=CCO[C@@]12Oc3ccc(Oc4ccc(C)c(C)c4)cc3[C@H]3[C@H](CCCCO)[C@@H](CCCCO)C=C(C(=NOCc4ccccc4)C[C@@H]1N(Cc1cccc4ccccc14)C(=O)Oc1ccc([N+](=O)[O-])cc1)[C@H]32. The van der Waals surface area contributed by atoms with Crippen molar-refractivity contribution in [1.29, 1.82) is 0 Å². The van der Waals surface area contributed by atoms with E-state index in [0.29, 0.717) is 35.8 Å². The minimum atomic E-state index is -1.60. The molecule has 9 rings (SSSR count). The fourth-order valence-electron chi connectivity index (χ4n) is 11.1. The number of allylic oxidation sites excluding steroid dienone is 1. The molecule has 378 valence electrons. The smallest absolute Gasteiger partial charge is 0.416 e. The summed E-state index contributed by atoms with van der Waals surface area (Å²) in [5.41, 5.74) is 6.30. The summed E-state index contributed by atoms with van der Waals surface area (Å²) in [6, 6.07) is 40.2. The van der Waals surface area contributed by atoms with Crippen LogP contribution in [0.3, 0.4) is 0 Å². The number of aliphatic hydroxyl groups excluding tert-OH is 2. The van der Waals surface area contributed by atoms with Gasteiger partial charge in [-0.25, -0.2) is 4.79 Å². The van der Waals surface area contributed by atoms with Crippen molar-refractivity contribution in [2.24, 2.45) is 22.9 Å². The van der Waals surface area contributed by atoms with Crippen molar-refractivity contribution in [2.45, 2.75) is 89.7 Å². The minimum absolute atomic E-state index is 0.00336. The standard InChI is InChI=1S/C60H63N3O10/c1-4-33-69-60-56(62(38-45-20-14-19-43-17-8-9-21-50(43)45)59(66)72-47-27-24-46(25-28-47)63(67)68)37-54(61-70-39-42-15-6-5-7-16-42)52-35-44(18-10-12-31-64)51(22-11-13-32-65)57(58(52)60)53-36-49(29-30-55(53)73-60)71-48-26-23-40(2)41(3)34-48/h4-9,14-17,19-21,23-30,34-36,44,51,56-58,64-65H,1,10-13,18,22,31-33,37-39H2,2-3H3/t44-,51+,56-,57+,58+,60+/m0/s1. The van der Waals surface area contributed by atoms with Crippen LogP contribution < -0.4 is 14.2 Å². The Morgan fingerprint density at radius 3 is 2.32 bits per heavy atom. The quantitative estimate of drug-likeness (QED) is 0.0307. The zero-order valence-electron chi connectivity index (χ0n) is 41.4. The van der Waals surface area contributed by atoms with Crippen LogP contribution in [0.4, 0.5) is 10.5 Å². The zero-order chi connectivity index (χ0) is 50.9. The number of unbranched alkanes of at least 4 members (excludes halogenated alkanes) is 2. The van der Waals surface area contributed by atoms with E-state index in [1.165, 1.54) is 24.3 Å². The molecule has 0 aromatic heterocycles. The van der Waals surface area contributed by atoms with Crippen molar-refractivity contribution in [2.75, 3.05) is 19.8 Å². The maximum Gasteiger partial charge on any atom is 0.416 e. The van der Waals surface area contributed by atoms with Gasteiger partial charge in [0.05, 0.1) is 29.7 Å². The summed E-state index contributed by atoms with van der Waals surface area (Å²) < 4.78 is 27.7. The minimum Gasteiger partial charge on any atom is -0.459 e. The molecule has 0 bridgehead atoms. The Morgan fingerprint density at radius 1 is 0.849 bits per heavy atom. The van der Waals surface area contributed by atoms with Crippen LogP contribution in [0.1, 0.15) is 78.7 Å². The molecule has 1 heterocycles. The molecule has 0 radical (unpaired) electrons. The van der Waals surface area contributed by atoms with Gasteiger partial charge in [-0.1, -0.05) is 109 Å². The van der Waals surface area contributed by atoms with E-state index in [9.17, 15) is 20.3 Å². The molecule has 6 aromatic rings. The van der Waals surface area contributed by atoms with E-state index in [0.717, 1.165) is 69.8 Å². The number of amides is 1. The van der Waals surface area contributed by atoms with Crippen molar-refractivity contribution in [1.82, 2.24) is 4.90 Å². The first-order valence-corrected chi connectivity index (χ1v) is 25.3. The molecule has 0 unspecified atom stereocenters. The maximum absolute atomic E-state index is 15.5. The first kappa shape index (κ1) is 50.6. The lowest BCUT2D eigenvalue weighted by atomic mass is 9.55. The van der Waals surface area contributed by atoms with Gasteiger partial charge in [-0.2, -0.15) is 0 Å². The van der Waals surface area contributed by atoms with Crippen LogP contribution in [0.2, 0.25) is 0 Å². The Bertz CT molecular complexity index is 2970. The Kier molecular flexibility index (Phi) is 16.0. The molecule has 6 aromatic carbocycles. The van der Waals surface area contributed by atoms with Crippen molar-refractivity contribution in [3.05, 3.63) is 196 Å². The van der Waals surface area contributed by atoms with E-state index < -0.39 is 28.8 Å². The van der Waals surface area contributed by atoms with Crippen molar-refractivity contribution < 1.29 is 43.7 Å². The predicted molar refractivity (Wildman–Crippen MR) is 281 cm³/mol. The third-order valence-electron chi connectivity index (χ3n) is 14.7. The number of aliphatic hydroxyl groups is 2. The number of carbonyl (C=O) groups excluding carboxylic acids is 1. The number of hydrogen-bond acceptors (Lipinski definition) is 11. The number of non-ortho nitro benzene ring substituents is 1. The fourth-order valence-corrected chi connectivity index (χ4v) is 11.1. The lowest BCUT2D eigenvalue weighted by molar-refractivity contribution is -0.384. The van der Waals surface area contributed by atoms with Gasteiger partial charge in [-0.15, -0.1) is 6.58 Å². The number of nitro benzene ring substituents is 1. The molecule has 6 atom stereocenters. The average Bonchev–Trinajstić information content (AvgIpc) is 3.40. The molecule has 13 heteroatoms. The monoisotopic (exact) mass is 985 g/mol. The predicted octanol–water partition coefficient (Wildman–Crippen LogP) is 12.7. The fraction of sp³-hybridized carbons (Fsp3) is 0.333. The third-order valence-corrected chi connectivity index (χ3v) is 14.7. The van der Waals surface area contributed by atoms with Gasteiger partial charge < -0.3 is 34.0 Å². The molecule has 1 fully saturated rings. The third kappa shape index (κ3) is 11.0. The molecular formula is C60H63N3O10. The van der Waals surface area contributed by atoms with E-state index in [-0.39, 0.29) is 68.6 Å². The van der Waals surface area contributed by atoms with Crippen LogP contribution in [0.5, 0.6) is 23.0 Å². The normalized spacial score (nSPS) is 21.3. The molecule has 3 aliphatic rings. The van der Waals surface area contributed by atoms with E-state index >= 15 is 4.79 Å². The zero-order valence-corrected chi connectivity index (χ0v) is 41.4. The number of carbonyl (C=O) groups is 1. The number of rotatable bonds is 21. The van der Waals surface area contributed by atoms with E-state index in [4.69, 9.17) is 28.9 Å². The van der Waals surface area contributed by atoms with Gasteiger partial charge in [-0.05, 0) is 132 Å². The summed E-state index contributed by atoms with van der Waals surface area (Å²) in [6.07, 6.45) is 7.68. The van der Waals surface area contributed by atoms with E-state index in [2.05, 4.69) is 32.6 Å².